The monoisotopic (exact) mass is 203 g/mol. The molecule has 0 aromatic rings. The molecule has 0 radical (unpaired) electrons. The molecule has 1 aliphatic heterocycles. The fraction of sp³-hybridized carbons (Fsp3) is 0.889. The molecule has 13 heavy (non-hydrogen) atoms. The van der Waals surface area contributed by atoms with Gasteiger partial charge in [-0.15, -0.1) is 11.8 Å². The van der Waals surface area contributed by atoms with Gasteiger partial charge in [0.25, 0.3) is 0 Å². The molecular formula is C9H17NO2S. The minimum atomic E-state index is -0.733. The van der Waals surface area contributed by atoms with E-state index in [0.29, 0.717) is 0 Å². The van der Waals surface area contributed by atoms with Gasteiger partial charge in [-0.1, -0.05) is 0 Å². The lowest BCUT2D eigenvalue weighted by Crippen LogP contribution is -2.42. The number of hydrogen-bond acceptors (Lipinski definition) is 3. The van der Waals surface area contributed by atoms with Crippen LogP contribution < -0.4 is 5.32 Å². The molecule has 1 saturated heterocycles. The van der Waals surface area contributed by atoms with E-state index in [2.05, 4.69) is 33.0 Å². The first-order valence-corrected chi connectivity index (χ1v) is 5.24. The zero-order valence-corrected chi connectivity index (χ0v) is 9.36. The highest BCUT2D eigenvalue weighted by atomic mass is 32.2. The van der Waals surface area contributed by atoms with Gasteiger partial charge in [0.05, 0.1) is 11.3 Å². The first kappa shape index (κ1) is 10.9. The van der Waals surface area contributed by atoms with Crippen LogP contribution in [0, 0.1) is 0 Å². The van der Waals surface area contributed by atoms with Crippen LogP contribution in [0.3, 0.4) is 0 Å². The van der Waals surface area contributed by atoms with Crippen molar-refractivity contribution in [1.29, 1.82) is 0 Å². The molecule has 1 fully saturated rings. The van der Waals surface area contributed by atoms with Crippen LogP contribution in [0.2, 0.25) is 0 Å². The second kappa shape index (κ2) is 3.17. The van der Waals surface area contributed by atoms with E-state index in [0.717, 1.165) is 0 Å². The first-order chi connectivity index (χ1) is 5.73. The van der Waals surface area contributed by atoms with Gasteiger partial charge in [0.15, 0.2) is 0 Å². The molecule has 1 atom stereocenters. The molecule has 76 valence electrons. The topological polar surface area (TPSA) is 49.3 Å². The number of aliphatic carboxylic acids is 1. The Bertz CT molecular complexity index is 226. The molecule has 0 saturated carbocycles. The smallest absolute Gasteiger partial charge is 0.304 e. The van der Waals surface area contributed by atoms with Gasteiger partial charge in [-0.05, 0) is 27.7 Å². The van der Waals surface area contributed by atoms with Crippen LogP contribution in [-0.4, -0.2) is 26.7 Å². The highest BCUT2D eigenvalue weighted by Crippen LogP contribution is 2.44. The van der Waals surface area contributed by atoms with Crippen LogP contribution in [0.5, 0.6) is 0 Å². The summed E-state index contributed by atoms with van der Waals surface area (Å²) in [5, 5.41) is 12.1. The molecule has 1 aliphatic rings. The molecule has 1 heterocycles. The van der Waals surface area contributed by atoms with Crippen LogP contribution in [0.4, 0.5) is 0 Å². The zero-order valence-electron chi connectivity index (χ0n) is 8.55. The van der Waals surface area contributed by atoms with Crippen molar-refractivity contribution in [3.8, 4) is 0 Å². The third-order valence-electron chi connectivity index (χ3n) is 2.26. The van der Waals surface area contributed by atoms with Gasteiger partial charge in [0.1, 0.15) is 0 Å². The molecule has 2 N–H and O–H groups in total. The molecule has 0 aliphatic carbocycles. The van der Waals surface area contributed by atoms with Crippen molar-refractivity contribution in [3.63, 3.8) is 0 Å². The molecule has 0 bridgehead atoms. The average molecular weight is 203 g/mol. The van der Waals surface area contributed by atoms with Crippen LogP contribution in [0.15, 0.2) is 0 Å². The van der Waals surface area contributed by atoms with E-state index in [1.165, 1.54) is 0 Å². The molecule has 0 spiro atoms. The molecule has 0 amide bonds. The van der Waals surface area contributed by atoms with Gasteiger partial charge in [-0.2, -0.15) is 0 Å². The minimum Gasteiger partial charge on any atom is -0.481 e. The number of rotatable bonds is 2. The van der Waals surface area contributed by atoms with Gasteiger partial charge >= 0.3 is 5.97 Å². The van der Waals surface area contributed by atoms with E-state index in [1.807, 2.05) is 0 Å². The normalized spacial score (nSPS) is 30.3. The summed E-state index contributed by atoms with van der Waals surface area (Å²) in [7, 11) is 0. The van der Waals surface area contributed by atoms with E-state index in [9.17, 15) is 4.79 Å². The predicted octanol–water partition coefficient (Wildman–Crippen LogP) is 1.68. The summed E-state index contributed by atoms with van der Waals surface area (Å²) in [6.07, 6.45) is 0.198. The van der Waals surface area contributed by atoms with Gasteiger partial charge in [0, 0.05) is 10.8 Å². The highest BCUT2D eigenvalue weighted by molar-refractivity contribution is 8.02. The maximum Gasteiger partial charge on any atom is 0.304 e. The van der Waals surface area contributed by atoms with Gasteiger partial charge in [-0.25, -0.2) is 0 Å². The van der Waals surface area contributed by atoms with Crippen molar-refractivity contribution < 1.29 is 9.90 Å². The predicted molar refractivity (Wildman–Crippen MR) is 54.9 cm³/mol. The molecule has 1 rings (SSSR count). The maximum absolute atomic E-state index is 10.6. The Morgan fingerprint density at radius 1 is 1.46 bits per heavy atom. The second-order valence-electron chi connectivity index (χ2n) is 4.51. The summed E-state index contributed by atoms with van der Waals surface area (Å²) >= 11 is 1.80. The lowest BCUT2D eigenvalue weighted by Gasteiger charge is -2.23. The quantitative estimate of drug-likeness (QED) is 0.717. The fourth-order valence-electron chi connectivity index (χ4n) is 1.82. The summed E-state index contributed by atoms with van der Waals surface area (Å²) < 4.78 is 0.00188. The third-order valence-corrected chi connectivity index (χ3v) is 3.70. The molecule has 0 aromatic carbocycles. The molecular weight excluding hydrogens is 186 g/mol. The van der Waals surface area contributed by atoms with E-state index < -0.39 is 5.97 Å². The number of carboxylic acid groups (broad SMARTS) is 1. The summed E-state index contributed by atoms with van der Waals surface area (Å²) in [5.41, 5.74) is 0. The lowest BCUT2D eigenvalue weighted by molar-refractivity contribution is -0.137. The Morgan fingerprint density at radius 3 is 2.31 bits per heavy atom. The Morgan fingerprint density at radius 2 is 2.00 bits per heavy atom. The van der Waals surface area contributed by atoms with Crippen molar-refractivity contribution in [2.45, 2.75) is 49.8 Å². The summed E-state index contributed by atoms with van der Waals surface area (Å²) in [6.45, 7) is 8.35. The van der Waals surface area contributed by atoms with E-state index in [4.69, 9.17) is 5.11 Å². The molecule has 1 unspecified atom stereocenters. The Hall–Kier alpha value is -0.220. The number of hydrogen-bond donors (Lipinski definition) is 2. The maximum atomic E-state index is 10.6. The third kappa shape index (κ3) is 2.61. The van der Waals surface area contributed by atoms with Gasteiger partial charge in [-0.3, -0.25) is 10.1 Å². The molecule has 3 nitrogen and oxygen atoms in total. The summed E-state index contributed by atoms with van der Waals surface area (Å²) in [4.78, 5) is 10.6. The van der Waals surface area contributed by atoms with Crippen LogP contribution in [0.1, 0.15) is 34.1 Å². The first-order valence-electron chi connectivity index (χ1n) is 4.43. The van der Waals surface area contributed by atoms with Crippen LogP contribution >= 0.6 is 11.8 Å². The average Bonchev–Trinajstić information content (AvgIpc) is 1.98. The Labute approximate surface area is 83.3 Å². The number of thioether (sulfide) groups is 1. The highest BCUT2D eigenvalue weighted by Gasteiger charge is 2.45. The standard InChI is InChI=1S/C9H17NO2S/c1-8(2)6(5-7(11)12)10-9(3,4)13-8/h6,10H,5H2,1-4H3,(H,11,12). The zero-order chi connectivity index (χ0) is 10.3. The van der Waals surface area contributed by atoms with Crippen molar-refractivity contribution in [3.05, 3.63) is 0 Å². The van der Waals surface area contributed by atoms with Gasteiger partial charge in [0.2, 0.25) is 0 Å². The summed E-state index contributed by atoms with van der Waals surface area (Å²) in [6, 6.07) is 0.0602. The lowest BCUT2D eigenvalue weighted by atomic mass is 10.00. The Kier molecular flexibility index (Phi) is 2.65. The SMILES string of the molecule is CC1(C)NC(CC(=O)O)C(C)(C)S1. The van der Waals surface area contributed by atoms with Gasteiger partial charge < -0.3 is 5.11 Å². The summed E-state index contributed by atoms with van der Waals surface area (Å²) in [5.74, 6) is -0.733. The van der Waals surface area contributed by atoms with Crippen molar-refractivity contribution in [2.75, 3.05) is 0 Å². The van der Waals surface area contributed by atoms with E-state index in [-0.39, 0.29) is 22.1 Å². The van der Waals surface area contributed by atoms with E-state index in [1.54, 1.807) is 11.8 Å². The second-order valence-corrected chi connectivity index (χ2v) is 6.79. The number of carbonyl (C=O) groups is 1. The minimum absolute atomic E-state index is 0.00188. The van der Waals surface area contributed by atoms with Crippen molar-refractivity contribution >= 4 is 17.7 Å². The Balaban J connectivity index is 2.70. The van der Waals surface area contributed by atoms with Crippen molar-refractivity contribution in [1.82, 2.24) is 5.32 Å². The van der Waals surface area contributed by atoms with Crippen molar-refractivity contribution in [2.24, 2.45) is 0 Å². The van der Waals surface area contributed by atoms with Crippen LogP contribution in [0.25, 0.3) is 0 Å². The fourth-order valence-corrected chi connectivity index (χ4v) is 3.62. The number of nitrogens with one attached hydrogen (secondary N) is 1. The van der Waals surface area contributed by atoms with E-state index >= 15 is 0 Å². The van der Waals surface area contributed by atoms with Crippen LogP contribution in [-0.2, 0) is 4.79 Å². The molecule has 0 aromatic heterocycles. The number of carboxylic acids is 1. The largest absolute Gasteiger partial charge is 0.481 e. The molecule has 4 heteroatoms.